The van der Waals surface area contributed by atoms with Crippen molar-refractivity contribution in [1.29, 1.82) is 0 Å². The monoisotopic (exact) mass is 249 g/mol. The van der Waals surface area contributed by atoms with E-state index in [4.69, 9.17) is 0 Å². The summed E-state index contributed by atoms with van der Waals surface area (Å²) in [4.78, 5) is 12.8. The number of nitrogens with one attached hydrogen (secondary N) is 1. The molecule has 0 bridgehead atoms. The van der Waals surface area contributed by atoms with Crippen molar-refractivity contribution >= 4 is 11.4 Å². The third kappa shape index (κ3) is 2.79. The third-order valence-corrected chi connectivity index (χ3v) is 3.40. The molecule has 0 amide bonds. The van der Waals surface area contributed by atoms with Crippen LogP contribution in [-0.4, -0.2) is 31.6 Å². The van der Waals surface area contributed by atoms with Gasteiger partial charge in [0.1, 0.15) is 0 Å². The van der Waals surface area contributed by atoms with Crippen molar-refractivity contribution in [2.45, 2.75) is 13.3 Å². The van der Waals surface area contributed by atoms with E-state index in [9.17, 15) is 10.1 Å². The lowest BCUT2D eigenvalue weighted by Crippen LogP contribution is -2.24. The number of anilines is 1. The fraction of sp³-hybridized carbons (Fsp3) is 0.538. The van der Waals surface area contributed by atoms with Crippen LogP contribution < -0.4 is 10.2 Å². The zero-order valence-electron chi connectivity index (χ0n) is 10.8. The van der Waals surface area contributed by atoms with Gasteiger partial charge in [-0.15, -0.1) is 0 Å². The molecule has 1 N–H and O–H groups in total. The highest BCUT2D eigenvalue weighted by Crippen LogP contribution is 2.28. The quantitative estimate of drug-likeness (QED) is 0.654. The number of nitrogens with zero attached hydrogens (tertiary/aromatic N) is 2. The molecular weight excluding hydrogens is 230 g/mol. The zero-order chi connectivity index (χ0) is 13.1. The number of aryl methyl sites for hydroxylation is 1. The molecule has 1 heterocycles. The van der Waals surface area contributed by atoms with Crippen molar-refractivity contribution in [3.05, 3.63) is 33.9 Å². The summed E-state index contributed by atoms with van der Waals surface area (Å²) in [5, 5.41) is 14.1. The fourth-order valence-electron chi connectivity index (χ4n) is 2.55. The normalized spacial score (nSPS) is 19.2. The number of nitro benzene ring substituents is 1. The second kappa shape index (κ2) is 5.35. The van der Waals surface area contributed by atoms with Gasteiger partial charge in [0.25, 0.3) is 5.69 Å². The summed E-state index contributed by atoms with van der Waals surface area (Å²) in [6, 6.07) is 5.31. The smallest absolute Gasteiger partial charge is 0.271 e. The van der Waals surface area contributed by atoms with Crippen molar-refractivity contribution in [2.75, 3.05) is 31.6 Å². The van der Waals surface area contributed by atoms with Gasteiger partial charge in [-0.25, -0.2) is 0 Å². The maximum atomic E-state index is 10.9. The van der Waals surface area contributed by atoms with E-state index in [1.165, 1.54) is 0 Å². The Balaban J connectivity index is 2.16. The van der Waals surface area contributed by atoms with Crippen LogP contribution in [0.5, 0.6) is 0 Å². The van der Waals surface area contributed by atoms with Crippen molar-refractivity contribution in [2.24, 2.45) is 5.92 Å². The van der Waals surface area contributed by atoms with E-state index in [1.807, 2.05) is 20.0 Å². The Kier molecular flexibility index (Phi) is 3.81. The van der Waals surface area contributed by atoms with Gasteiger partial charge >= 0.3 is 0 Å². The molecule has 2 rings (SSSR count). The van der Waals surface area contributed by atoms with Crippen molar-refractivity contribution in [3.63, 3.8) is 0 Å². The molecule has 1 fully saturated rings. The summed E-state index contributed by atoms with van der Waals surface area (Å²) in [5.74, 6) is 0.634. The molecule has 0 aliphatic carbocycles. The van der Waals surface area contributed by atoms with Gasteiger partial charge in [-0.3, -0.25) is 10.1 Å². The Hall–Kier alpha value is -1.62. The molecule has 0 saturated carbocycles. The van der Waals surface area contributed by atoms with Crippen LogP contribution >= 0.6 is 0 Å². The highest BCUT2D eigenvalue weighted by molar-refractivity contribution is 5.56. The van der Waals surface area contributed by atoms with Crippen LogP contribution in [-0.2, 0) is 0 Å². The Morgan fingerprint density at radius 2 is 2.28 bits per heavy atom. The summed E-state index contributed by atoms with van der Waals surface area (Å²) < 4.78 is 0. The lowest BCUT2D eigenvalue weighted by molar-refractivity contribution is -0.384. The highest BCUT2D eigenvalue weighted by atomic mass is 16.6. The average molecular weight is 249 g/mol. The molecule has 18 heavy (non-hydrogen) atoms. The average Bonchev–Trinajstić information content (AvgIpc) is 2.77. The summed E-state index contributed by atoms with van der Waals surface area (Å²) in [5.41, 5.74) is 2.10. The third-order valence-electron chi connectivity index (χ3n) is 3.40. The molecule has 5 nitrogen and oxygen atoms in total. The van der Waals surface area contributed by atoms with Crippen LogP contribution in [0.3, 0.4) is 0 Å². The van der Waals surface area contributed by atoms with Gasteiger partial charge in [0.2, 0.25) is 0 Å². The molecule has 5 heteroatoms. The maximum Gasteiger partial charge on any atom is 0.271 e. The van der Waals surface area contributed by atoms with Crippen LogP contribution in [0.25, 0.3) is 0 Å². The summed E-state index contributed by atoms with van der Waals surface area (Å²) in [6.07, 6.45) is 1.14. The largest absolute Gasteiger partial charge is 0.371 e. The molecule has 0 aromatic heterocycles. The summed E-state index contributed by atoms with van der Waals surface area (Å²) >= 11 is 0. The molecular formula is C13H19N3O2. The number of hydrogen-bond donors (Lipinski definition) is 1. The first-order valence-corrected chi connectivity index (χ1v) is 6.26. The number of benzene rings is 1. The van der Waals surface area contributed by atoms with E-state index < -0.39 is 0 Å². The first-order valence-electron chi connectivity index (χ1n) is 6.26. The van der Waals surface area contributed by atoms with Crippen LogP contribution in [0.2, 0.25) is 0 Å². The molecule has 98 valence electrons. The van der Waals surface area contributed by atoms with Crippen molar-refractivity contribution in [1.82, 2.24) is 5.32 Å². The van der Waals surface area contributed by atoms with Crippen LogP contribution in [0, 0.1) is 23.0 Å². The zero-order valence-corrected chi connectivity index (χ0v) is 10.8. The Morgan fingerprint density at radius 3 is 2.94 bits per heavy atom. The van der Waals surface area contributed by atoms with Gasteiger partial charge in [-0.1, -0.05) is 0 Å². The fourth-order valence-corrected chi connectivity index (χ4v) is 2.55. The minimum atomic E-state index is -0.322. The van der Waals surface area contributed by atoms with Gasteiger partial charge in [-0.2, -0.15) is 0 Å². The second-order valence-corrected chi connectivity index (χ2v) is 4.94. The number of non-ortho nitro benzene ring substituents is 1. The van der Waals surface area contributed by atoms with E-state index in [-0.39, 0.29) is 10.6 Å². The van der Waals surface area contributed by atoms with Crippen LogP contribution in [0.15, 0.2) is 18.2 Å². The van der Waals surface area contributed by atoms with Gasteiger partial charge in [0.05, 0.1) is 4.92 Å². The molecule has 0 radical (unpaired) electrons. The van der Waals surface area contributed by atoms with Crippen molar-refractivity contribution in [3.8, 4) is 0 Å². The SMILES string of the molecule is CNCC1CCN(c2cc(C)cc([N+](=O)[O-])c2)C1. The van der Waals surface area contributed by atoms with E-state index >= 15 is 0 Å². The minimum Gasteiger partial charge on any atom is -0.371 e. The van der Waals surface area contributed by atoms with E-state index in [1.54, 1.807) is 12.1 Å². The van der Waals surface area contributed by atoms with E-state index in [2.05, 4.69) is 10.2 Å². The lowest BCUT2D eigenvalue weighted by atomic mass is 10.1. The molecule has 1 atom stereocenters. The Labute approximate surface area is 107 Å². The van der Waals surface area contributed by atoms with E-state index in [0.717, 1.165) is 37.3 Å². The van der Waals surface area contributed by atoms with Crippen LogP contribution in [0.4, 0.5) is 11.4 Å². The van der Waals surface area contributed by atoms with Gasteiger partial charge < -0.3 is 10.2 Å². The Morgan fingerprint density at radius 1 is 1.50 bits per heavy atom. The van der Waals surface area contributed by atoms with Gasteiger partial charge in [0, 0.05) is 30.9 Å². The first kappa shape index (κ1) is 12.8. The number of hydrogen-bond acceptors (Lipinski definition) is 4. The molecule has 1 aliphatic heterocycles. The predicted octanol–water partition coefficient (Wildman–Crippen LogP) is 1.95. The molecule has 1 aromatic rings. The molecule has 1 aromatic carbocycles. The second-order valence-electron chi connectivity index (χ2n) is 4.94. The first-order chi connectivity index (χ1) is 8.60. The summed E-state index contributed by atoms with van der Waals surface area (Å²) in [6.45, 7) is 4.86. The van der Waals surface area contributed by atoms with E-state index in [0.29, 0.717) is 5.92 Å². The molecule has 1 aliphatic rings. The molecule has 1 unspecified atom stereocenters. The summed E-state index contributed by atoms with van der Waals surface area (Å²) in [7, 11) is 1.96. The minimum absolute atomic E-state index is 0.182. The van der Waals surface area contributed by atoms with Gasteiger partial charge in [-0.05, 0) is 44.5 Å². The van der Waals surface area contributed by atoms with Crippen molar-refractivity contribution < 1.29 is 4.92 Å². The molecule has 1 saturated heterocycles. The standard InChI is InChI=1S/C13H19N3O2/c1-10-5-12(7-13(6-10)16(17)18)15-4-3-11(9-15)8-14-2/h5-7,11,14H,3-4,8-9H2,1-2H3. The predicted molar refractivity (Wildman–Crippen MR) is 72.1 cm³/mol. The van der Waals surface area contributed by atoms with Crippen LogP contribution in [0.1, 0.15) is 12.0 Å². The topological polar surface area (TPSA) is 58.4 Å². The Bertz CT molecular complexity index is 448. The number of rotatable bonds is 4. The molecule has 0 spiro atoms. The van der Waals surface area contributed by atoms with Gasteiger partial charge in [0.15, 0.2) is 0 Å². The maximum absolute atomic E-state index is 10.9. The number of nitro groups is 1. The lowest BCUT2D eigenvalue weighted by Gasteiger charge is -2.19. The highest BCUT2D eigenvalue weighted by Gasteiger charge is 2.23.